The van der Waals surface area contributed by atoms with Crippen LogP contribution in [-0.4, -0.2) is 78.0 Å². The summed E-state index contributed by atoms with van der Waals surface area (Å²) >= 11 is 0. The SMILES string of the molecule is CC=c1nc(NC(=O)C(C)OC(C)(C)C(C)C(=O)OC(C)(C)C(=O)C(C)O)c2nc(COCC)n(CC(C)(C)O)c2c1=CC. The van der Waals surface area contributed by atoms with Crippen LogP contribution in [-0.2, 0) is 41.7 Å². The lowest BCUT2D eigenvalue weighted by Gasteiger charge is -2.35. The van der Waals surface area contributed by atoms with Crippen LogP contribution in [0.1, 0.15) is 88.9 Å². The van der Waals surface area contributed by atoms with Crippen molar-refractivity contribution in [3.05, 3.63) is 16.4 Å². The fourth-order valence-electron chi connectivity index (χ4n) is 4.75. The van der Waals surface area contributed by atoms with Crippen molar-refractivity contribution >= 4 is 46.7 Å². The Labute approximate surface area is 259 Å². The van der Waals surface area contributed by atoms with Crippen LogP contribution in [0.2, 0.25) is 0 Å². The number of fused-ring (bicyclic) bond motifs is 1. The molecule has 246 valence electrons. The number of pyridine rings is 1. The summed E-state index contributed by atoms with van der Waals surface area (Å²) in [6, 6.07) is 0. The Kier molecular flexibility index (Phi) is 12.0. The van der Waals surface area contributed by atoms with Gasteiger partial charge in [0.05, 0.1) is 34.5 Å². The molecule has 0 aromatic carbocycles. The molecule has 0 aliphatic rings. The first-order valence-corrected chi connectivity index (χ1v) is 15.0. The van der Waals surface area contributed by atoms with E-state index < -0.39 is 52.6 Å². The van der Waals surface area contributed by atoms with Gasteiger partial charge in [0.1, 0.15) is 30.2 Å². The molecular weight excluding hydrogens is 568 g/mol. The Hall–Kier alpha value is -3.19. The van der Waals surface area contributed by atoms with Crippen LogP contribution in [0.4, 0.5) is 5.82 Å². The van der Waals surface area contributed by atoms with Gasteiger partial charge in [-0.3, -0.25) is 14.4 Å². The molecule has 0 radical (unpaired) electrons. The highest BCUT2D eigenvalue weighted by atomic mass is 16.6. The van der Waals surface area contributed by atoms with Gasteiger partial charge in [0.15, 0.2) is 11.4 Å². The topological polar surface area (TPSA) is 162 Å². The number of ether oxygens (including phenoxy) is 3. The standard InChI is InChI=1S/C32H50N4O8/c1-13-21-22(14-2)33-27(24-25(21)36(17-30(7,8)41)23(34-24)16-42-15-3)35-28(39)20(6)43-31(9,10)18(4)29(40)44-32(11,12)26(38)19(5)37/h13-14,18-20,37,41H,15-17H2,1-12H3,(H,33,35,39). The van der Waals surface area contributed by atoms with E-state index in [2.05, 4.69) is 5.32 Å². The summed E-state index contributed by atoms with van der Waals surface area (Å²) in [6.45, 7) is 20.5. The van der Waals surface area contributed by atoms with Crippen LogP contribution < -0.4 is 15.9 Å². The van der Waals surface area contributed by atoms with Gasteiger partial charge in [0, 0.05) is 11.8 Å². The molecule has 0 saturated heterocycles. The molecule has 12 heteroatoms. The normalized spacial score (nSPS) is 15.8. The number of carbonyl (C=O) groups excluding carboxylic acids is 3. The molecule has 3 N–H and O–H groups in total. The van der Waals surface area contributed by atoms with E-state index in [-0.39, 0.29) is 19.0 Å². The van der Waals surface area contributed by atoms with Crippen molar-refractivity contribution in [3.63, 3.8) is 0 Å². The lowest BCUT2D eigenvalue weighted by molar-refractivity contribution is -0.182. The zero-order valence-corrected chi connectivity index (χ0v) is 28.2. The molecule has 2 aromatic heterocycles. The smallest absolute Gasteiger partial charge is 0.312 e. The van der Waals surface area contributed by atoms with Crippen LogP contribution in [0.5, 0.6) is 0 Å². The van der Waals surface area contributed by atoms with E-state index in [4.69, 9.17) is 24.2 Å². The highest BCUT2D eigenvalue weighted by Crippen LogP contribution is 2.28. The Balaban J connectivity index is 2.45. The van der Waals surface area contributed by atoms with Crippen molar-refractivity contribution in [3.8, 4) is 0 Å². The van der Waals surface area contributed by atoms with Crippen molar-refractivity contribution in [1.29, 1.82) is 0 Å². The number of aromatic nitrogens is 3. The second-order valence-corrected chi connectivity index (χ2v) is 12.6. The largest absolute Gasteiger partial charge is 0.451 e. The number of hydrogen-bond donors (Lipinski definition) is 3. The molecule has 3 atom stereocenters. The maximum Gasteiger partial charge on any atom is 0.312 e. The van der Waals surface area contributed by atoms with E-state index in [9.17, 15) is 24.6 Å². The number of nitrogens with zero attached hydrogens (tertiary/aromatic N) is 3. The maximum atomic E-state index is 13.5. The average Bonchev–Trinajstić information content (AvgIpc) is 3.26. The van der Waals surface area contributed by atoms with Gasteiger partial charge in [-0.1, -0.05) is 12.2 Å². The molecule has 44 heavy (non-hydrogen) atoms. The van der Waals surface area contributed by atoms with Crippen molar-refractivity contribution in [2.45, 2.75) is 125 Å². The minimum Gasteiger partial charge on any atom is -0.451 e. The number of ketones is 1. The zero-order chi connectivity index (χ0) is 33.8. The summed E-state index contributed by atoms with van der Waals surface area (Å²) in [6.07, 6.45) is 1.41. The Morgan fingerprint density at radius 3 is 2.14 bits per heavy atom. The lowest BCUT2D eigenvalue weighted by Crippen LogP contribution is -2.48. The molecule has 12 nitrogen and oxygen atoms in total. The number of aliphatic hydroxyl groups excluding tert-OH is 1. The summed E-state index contributed by atoms with van der Waals surface area (Å²) in [5, 5.41) is 24.6. The Bertz CT molecular complexity index is 1480. The number of rotatable bonds is 14. The number of hydrogen-bond acceptors (Lipinski definition) is 10. The molecule has 0 saturated carbocycles. The van der Waals surface area contributed by atoms with Gasteiger partial charge in [-0.2, -0.15) is 0 Å². The third kappa shape index (κ3) is 8.71. The third-order valence-electron chi connectivity index (χ3n) is 7.39. The second-order valence-electron chi connectivity index (χ2n) is 12.6. The van der Waals surface area contributed by atoms with Crippen LogP contribution >= 0.6 is 0 Å². The summed E-state index contributed by atoms with van der Waals surface area (Å²) in [7, 11) is 0. The van der Waals surface area contributed by atoms with Gasteiger partial charge in [-0.05, 0) is 83.1 Å². The van der Waals surface area contributed by atoms with Crippen LogP contribution in [0, 0.1) is 5.92 Å². The first-order chi connectivity index (χ1) is 20.2. The predicted octanol–water partition coefficient (Wildman–Crippen LogP) is 2.37. The van der Waals surface area contributed by atoms with Gasteiger partial charge in [-0.15, -0.1) is 0 Å². The van der Waals surface area contributed by atoms with Gasteiger partial charge < -0.3 is 34.3 Å². The molecule has 0 bridgehead atoms. The molecule has 0 fully saturated rings. The van der Waals surface area contributed by atoms with Gasteiger partial charge in [0.2, 0.25) is 5.78 Å². The lowest BCUT2D eigenvalue weighted by atomic mass is 9.91. The van der Waals surface area contributed by atoms with Gasteiger partial charge >= 0.3 is 5.97 Å². The van der Waals surface area contributed by atoms with Crippen molar-refractivity contribution in [2.24, 2.45) is 5.92 Å². The number of nitrogens with one attached hydrogen (secondary N) is 1. The Morgan fingerprint density at radius 2 is 1.64 bits per heavy atom. The maximum absolute atomic E-state index is 13.5. The number of aliphatic hydroxyl groups is 2. The monoisotopic (exact) mass is 618 g/mol. The molecule has 2 rings (SSSR count). The fraction of sp³-hybridized carbons (Fsp3) is 0.656. The third-order valence-corrected chi connectivity index (χ3v) is 7.39. The van der Waals surface area contributed by atoms with E-state index in [1.807, 2.05) is 37.5 Å². The minimum absolute atomic E-state index is 0.199. The molecule has 0 spiro atoms. The highest BCUT2D eigenvalue weighted by molar-refractivity contribution is 6.00. The van der Waals surface area contributed by atoms with Crippen molar-refractivity contribution in [2.75, 3.05) is 11.9 Å². The number of Topliss-reactive ketones (excluding diaryl/α,β-unsaturated/α-hetero) is 1. The van der Waals surface area contributed by atoms with E-state index >= 15 is 0 Å². The molecule has 3 unspecified atom stereocenters. The summed E-state index contributed by atoms with van der Waals surface area (Å²) < 4.78 is 19.1. The summed E-state index contributed by atoms with van der Waals surface area (Å²) in [5.74, 6) is -1.94. The van der Waals surface area contributed by atoms with E-state index in [0.29, 0.717) is 28.8 Å². The van der Waals surface area contributed by atoms with Crippen LogP contribution in [0.3, 0.4) is 0 Å². The molecule has 0 aliphatic heterocycles. The number of amides is 1. The first-order valence-electron chi connectivity index (χ1n) is 15.0. The number of anilines is 1. The van der Waals surface area contributed by atoms with E-state index in [1.54, 1.807) is 41.5 Å². The average molecular weight is 619 g/mol. The van der Waals surface area contributed by atoms with E-state index in [0.717, 1.165) is 5.22 Å². The van der Waals surface area contributed by atoms with Gasteiger partial charge in [-0.25, -0.2) is 9.97 Å². The van der Waals surface area contributed by atoms with Crippen molar-refractivity contribution < 1.29 is 38.8 Å². The number of esters is 1. The molecule has 1 amide bonds. The van der Waals surface area contributed by atoms with Crippen molar-refractivity contribution in [1.82, 2.24) is 14.5 Å². The quantitative estimate of drug-likeness (QED) is 0.268. The fourth-order valence-corrected chi connectivity index (χ4v) is 4.75. The highest BCUT2D eigenvalue weighted by Gasteiger charge is 2.41. The first kappa shape index (κ1) is 37.0. The molecule has 2 heterocycles. The van der Waals surface area contributed by atoms with Crippen LogP contribution in [0.15, 0.2) is 0 Å². The zero-order valence-electron chi connectivity index (χ0n) is 28.2. The minimum atomic E-state index is -1.54. The Morgan fingerprint density at radius 1 is 1.02 bits per heavy atom. The summed E-state index contributed by atoms with van der Waals surface area (Å²) in [5.41, 5.74) is -2.65. The van der Waals surface area contributed by atoms with Crippen LogP contribution in [0.25, 0.3) is 23.2 Å². The summed E-state index contributed by atoms with van der Waals surface area (Å²) in [4.78, 5) is 48.2. The number of carbonyl (C=O) groups is 3. The molecule has 2 aromatic rings. The molecular formula is C32H50N4O8. The van der Waals surface area contributed by atoms with E-state index in [1.165, 1.54) is 20.8 Å². The van der Waals surface area contributed by atoms with Gasteiger partial charge in [0.25, 0.3) is 5.91 Å². The second kappa shape index (κ2) is 14.3. The predicted molar refractivity (Wildman–Crippen MR) is 168 cm³/mol. The molecule has 0 aliphatic carbocycles. The number of imidazole rings is 1.